The van der Waals surface area contributed by atoms with Crippen molar-refractivity contribution in [1.29, 1.82) is 0 Å². The average Bonchev–Trinajstić information content (AvgIpc) is 2.85. The lowest BCUT2D eigenvalue weighted by Crippen LogP contribution is -2.26. The fourth-order valence-electron chi connectivity index (χ4n) is 2.50. The molecule has 112 valence electrons. The monoisotopic (exact) mass is 279 g/mol. The van der Waals surface area contributed by atoms with E-state index in [2.05, 4.69) is 12.2 Å². The molecule has 0 spiro atoms. The van der Waals surface area contributed by atoms with Crippen molar-refractivity contribution in [2.45, 2.75) is 51.4 Å². The standard InChI is InChI=1S/C16H25NO3/c1-3-9-19-13-8-7-12(11-17-2)16(10-13)20-15-6-4-5-14(15)18/h7-8,10,14-15,17-18H,3-6,9,11H2,1-2H3. The predicted octanol–water partition coefficient (Wildman–Crippen LogP) is 2.49. The Morgan fingerprint density at radius 1 is 1.35 bits per heavy atom. The van der Waals surface area contributed by atoms with E-state index in [0.29, 0.717) is 6.61 Å². The third kappa shape index (κ3) is 3.87. The maximum atomic E-state index is 9.91. The van der Waals surface area contributed by atoms with Crippen LogP contribution in [0.4, 0.5) is 0 Å². The summed E-state index contributed by atoms with van der Waals surface area (Å²) in [6.45, 7) is 3.53. The van der Waals surface area contributed by atoms with Gasteiger partial charge in [0.1, 0.15) is 17.6 Å². The highest BCUT2D eigenvalue weighted by Gasteiger charge is 2.27. The highest BCUT2D eigenvalue weighted by molar-refractivity contribution is 5.41. The quantitative estimate of drug-likeness (QED) is 0.805. The minimum Gasteiger partial charge on any atom is -0.493 e. The Kier molecular flexibility index (Phi) is 5.68. The Morgan fingerprint density at radius 3 is 2.85 bits per heavy atom. The summed E-state index contributed by atoms with van der Waals surface area (Å²) < 4.78 is 11.7. The first-order valence-electron chi connectivity index (χ1n) is 7.49. The number of rotatable bonds is 7. The molecule has 0 aliphatic heterocycles. The molecule has 2 rings (SSSR count). The minimum absolute atomic E-state index is 0.0907. The van der Waals surface area contributed by atoms with Gasteiger partial charge in [0, 0.05) is 18.2 Å². The van der Waals surface area contributed by atoms with Gasteiger partial charge in [-0.2, -0.15) is 0 Å². The van der Waals surface area contributed by atoms with Gasteiger partial charge in [-0.3, -0.25) is 0 Å². The fourth-order valence-corrected chi connectivity index (χ4v) is 2.50. The number of benzene rings is 1. The van der Waals surface area contributed by atoms with E-state index >= 15 is 0 Å². The molecule has 0 amide bonds. The van der Waals surface area contributed by atoms with E-state index < -0.39 is 0 Å². The Morgan fingerprint density at radius 2 is 2.20 bits per heavy atom. The largest absolute Gasteiger partial charge is 0.493 e. The Labute approximate surface area is 121 Å². The molecule has 1 aromatic carbocycles. The third-order valence-corrected chi connectivity index (χ3v) is 3.57. The molecule has 2 unspecified atom stereocenters. The summed E-state index contributed by atoms with van der Waals surface area (Å²) in [5, 5.41) is 13.0. The van der Waals surface area contributed by atoms with E-state index in [0.717, 1.165) is 49.3 Å². The molecule has 1 aliphatic carbocycles. The van der Waals surface area contributed by atoms with Crippen molar-refractivity contribution < 1.29 is 14.6 Å². The van der Waals surface area contributed by atoms with Crippen molar-refractivity contribution in [1.82, 2.24) is 5.32 Å². The first-order valence-corrected chi connectivity index (χ1v) is 7.49. The zero-order chi connectivity index (χ0) is 14.4. The van der Waals surface area contributed by atoms with Crippen LogP contribution in [0.25, 0.3) is 0 Å². The number of nitrogens with one attached hydrogen (secondary N) is 1. The van der Waals surface area contributed by atoms with Crippen LogP contribution in [0.15, 0.2) is 18.2 Å². The van der Waals surface area contributed by atoms with Crippen molar-refractivity contribution >= 4 is 0 Å². The van der Waals surface area contributed by atoms with Crippen LogP contribution < -0.4 is 14.8 Å². The van der Waals surface area contributed by atoms with Gasteiger partial charge in [-0.05, 0) is 38.8 Å². The highest BCUT2D eigenvalue weighted by atomic mass is 16.5. The lowest BCUT2D eigenvalue weighted by atomic mass is 10.1. The molecule has 1 aliphatic rings. The zero-order valence-electron chi connectivity index (χ0n) is 12.4. The molecule has 2 N–H and O–H groups in total. The number of aliphatic hydroxyl groups excluding tert-OH is 1. The zero-order valence-corrected chi connectivity index (χ0v) is 12.4. The van der Waals surface area contributed by atoms with Gasteiger partial charge >= 0.3 is 0 Å². The molecule has 0 saturated heterocycles. The molecule has 0 aromatic heterocycles. The van der Waals surface area contributed by atoms with Gasteiger partial charge in [0.2, 0.25) is 0 Å². The molecule has 0 heterocycles. The molecule has 0 bridgehead atoms. The number of hydrogen-bond donors (Lipinski definition) is 2. The second-order valence-electron chi connectivity index (χ2n) is 5.30. The summed E-state index contributed by atoms with van der Waals surface area (Å²) in [6.07, 6.45) is 3.32. The SMILES string of the molecule is CCCOc1ccc(CNC)c(OC2CCCC2O)c1. The number of aliphatic hydroxyl groups is 1. The topological polar surface area (TPSA) is 50.7 Å². The van der Waals surface area contributed by atoms with E-state index in [9.17, 15) is 5.11 Å². The van der Waals surface area contributed by atoms with Crippen LogP contribution in [0, 0.1) is 0 Å². The summed E-state index contributed by atoms with van der Waals surface area (Å²) in [5.41, 5.74) is 1.09. The second kappa shape index (κ2) is 7.50. The predicted molar refractivity (Wildman–Crippen MR) is 79.3 cm³/mol. The molecule has 0 radical (unpaired) electrons. The van der Waals surface area contributed by atoms with Gasteiger partial charge in [-0.1, -0.05) is 13.0 Å². The van der Waals surface area contributed by atoms with E-state index in [-0.39, 0.29) is 12.2 Å². The first kappa shape index (κ1) is 15.1. The van der Waals surface area contributed by atoms with Crippen molar-refractivity contribution in [3.8, 4) is 11.5 Å². The number of hydrogen-bond acceptors (Lipinski definition) is 4. The van der Waals surface area contributed by atoms with Crippen molar-refractivity contribution in [3.05, 3.63) is 23.8 Å². The van der Waals surface area contributed by atoms with Crippen molar-refractivity contribution in [3.63, 3.8) is 0 Å². The van der Waals surface area contributed by atoms with E-state index in [4.69, 9.17) is 9.47 Å². The Bertz CT molecular complexity index is 422. The summed E-state index contributed by atoms with van der Waals surface area (Å²) in [6, 6.07) is 5.94. The molecule has 1 aromatic rings. The average molecular weight is 279 g/mol. The molecule has 4 nitrogen and oxygen atoms in total. The van der Waals surface area contributed by atoms with Gasteiger partial charge in [0.25, 0.3) is 0 Å². The van der Waals surface area contributed by atoms with Crippen molar-refractivity contribution in [2.24, 2.45) is 0 Å². The van der Waals surface area contributed by atoms with Crippen LogP contribution in [0.5, 0.6) is 11.5 Å². The van der Waals surface area contributed by atoms with Crippen LogP contribution in [0.3, 0.4) is 0 Å². The summed E-state index contributed by atoms with van der Waals surface area (Å²) in [4.78, 5) is 0. The van der Waals surface area contributed by atoms with Crippen molar-refractivity contribution in [2.75, 3.05) is 13.7 Å². The van der Waals surface area contributed by atoms with Gasteiger partial charge in [0.15, 0.2) is 0 Å². The second-order valence-corrected chi connectivity index (χ2v) is 5.30. The Balaban J connectivity index is 2.12. The minimum atomic E-state index is -0.349. The molecule has 4 heteroatoms. The maximum Gasteiger partial charge on any atom is 0.128 e. The lowest BCUT2D eigenvalue weighted by Gasteiger charge is -2.20. The molecular weight excluding hydrogens is 254 g/mol. The van der Waals surface area contributed by atoms with E-state index in [1.165, 1.54) is 0 Å². The fraction of sp³-hybridized carbons (Fsp3) is 0.625. The van der Waals surface area contributed by atoms with Gasteiger partial charge in [-0.15, -0.1) is 0 Å². The summed E-state index contributed by atoms with van der Waals surface area (Å²) in [5.74, 6) is 1.65. The van der Waals surface area contributed by atoms with Crippen LogP contribution in [-0.2, 0) is 6.54 Å². The molecular formula is C16H25NO3. The smallest absolute Gasteiger partial charge is 0.128 e. The van der Waals surface area contributed by atoms with Crippen LogP contribution >= 0.6 is 0 Å². The van der Waals surface area contributed by atoms with Crippen LogP contribution in [0.2, 0.25) is 0 Å². The van der Waals surface area contributed by atoms with E-state index in [1.54, 1.807) is 0 Å². The lowest BCUT2D eigenvalue weighted by molar-refractivity contribution is 0.0595. The Hall–Kier alpha value is -1.26. The molecule has 1 fully saturated rings. The molecule has 2 atom stereocenters. The summed E-state index contributed by atoms with van der Waals surface area (Å²) in [7, 11) is 1.91. The number of ether oxygens (including phenoxy) is 2. The van der Waals surface area contributed by atoms with Gasteiger partial charge in [-0.25, -0.2) is 0 Å². The van der Waals surface area contributed by atoms with E-state index in [1.807, 2.05) is 25.2 Å². The first-order chi connectivity index (χ1) is 9.74. The molecule has 1 saturated carbocycles. The van der Waals surface area contributed by atoms with Gasteiger partial charge in [0.05, 0.1) is 12.7 Å². The summed E-state index contributed by atoms with van der Waals surface area (Å²) >= 11 is 0. The highest BCUT2D eigenvalue weighted by Crippen LogP contribution is 2.30. The third-order valence-electron chi connectivity index (χ3n) is 3.57. The normalized spacial score (nSPS) is 21.9. The van der Waals surface area contributed by atoms with Gasteiger partial charge < -0.3 is 19.9 Å². The maximum absolute atomic E-state index is 9.91. The molecule has 20 heavy (non-hydrogen) atoms. The van der Waals surface area contributed by atoms with Crippen LogP contribution in [0.1, 0.15) is 38.2 Å². The van der Waals surface area contributed by atoms with Crippen LogP contribution in [-0.4, -0.2) is 31.0 Å².